The number of phenolic OH excluding ortho intramolecular Hbond substituents is 1. The monoisotopic (exact) mass is 486 g/mol. The maximum Gasteiger partial charge on any atom is 0.380 e. The van der Waals surface area contributed by atoms with Crippen molar-refractivity contribution in [2.24, 2.45) is 0 Å². The van der Waals surface area contributed by atoms with Gasteiger partial charge in [-0.1, -0.05) is 12.1 Å². The summed E-state index contributed by atoms with van der Waals surface area (Å²) < 4.78 is 92.2. The summed E-state index contributed by atoms with van der Waals surface area (Å²) in [4.78, 5) is 22.6. The molecule has 0 aliphatic heterocycles. The van der Waals surface area contributed by atoms with Crippen LogP contribution in [0.15, 0.2) is 36.4 Å². The number of fused-ring (bicyclic) bond motifs is 6. The number of carboxylic acid groups (broad SMARTS) is 1. The SMILES string of the molecule is O=C(O)CCCCC(=O)Oc1ccc2c3c(c4ccc(O)cc4c2c1)C(F)(F)C(F)(F)C3(F)F. The average Bonchev–Trinajstić information content (AvgIpc) is 2.85. The number of carbonyl (C=O) groups excluding carboxylic acids is 1. The van der Waals surface area contributed by atoms with Gasteiger partial charge in [-0.2, -0.15) is 26.3 Å². The normalized spacial score (nSPS) is 17.6. The van der Waals surface area contributed by atoms with Crippen LogP contribution in [-0.4, -0.2) is 28.1 Å². The van der Waals surface area contributed by atoms with Crippen LogP contribution >= 0.6 is 0 Å². The third-order valence-corrected chi connectivity index (χ3v) is 5.74. The molecular formula is C23H16F6O5. The Morgan fingerprint density at radius 1 is 0.765 bits per heavy atom. The number of hydrogen-bond donors (Lipinski definition) is 2. The number of phenols is 1. The number of aromatic hydroxyl groups is 1. The minimum Gasteiger partial charge on any atom is -0.508 e. The fourth-order valence-corrected chi connectivity index (χ4v) is 4.16. The fourth-order valence-electron chi connectivity index (χ4n) is 4.16. The Balaban J connectivity index is 1.84. The van der Waals surface area contributed by atoms with Crippen LogP contribution in [0.4, 0.5) is 26.3 Å². The second kappa shape index (κ2) is 7.78. The Labute approximate surface area is 187 Å². The molecule has 0 fully saturated rings. The van der Waals surface area contributed by atoms with Gasteiger partial charge in [-0.25, -0.2) is 0 Å². The van der Waals surface area contributed by atoms with Gasteiger partial charge in [0, 0.05) is 24.0 Å². The lowest BCUT2D eigenvalue weighted by molar-refractivity contribution is -0.301. The second-order valence-electron chi connectivity index (χ2n) is 7.99. The zero-order valence-corrected chi connectivity index (χ0v) is 17.2. The summed E-state index contributed by atoms with van der Waals surface area (Å²) in [6.07, 6.45) is 0.135. The Kier molecular flexibility index (Phi) is 5.41. The predicted molar refractivity (Wildman–Crippen MR) is 108 cm³/mol. The standard InChI is InChI=1S/C23H16F6O5/c24-21(25)19-13-7-5-11(30)9-15(13)16-10-12(34-18(33)4-2-1-3-17(31)32)6-8-14(16)20(19)22(26,27)23(21,28)29/h5-10,30H,1-4H2,(H,31,32). The minimum atomic E-state index is -5.69. The molecule has 0 bridgehead atoms. The summed E-state index contributed by atoms with van der Waals surface area (Å²) in [7, 11) is 0. The van der Waals surface area contributed by atoms with Crippen molar-refractivity contribution in [2.75, 3.05) is 0 Å². The van der Waals surface area contributed by atoms with Crippen LogP contribution in [0.25, 0.3) is 21.5 Å². The summed E-state index contributed by atoms with van der Waals surface area (Å²) in [5.74, 6) is -18.5. The Morgan fingerprint density at radius 2 is 1.29 bits per heavy atom. The van der Waals surface area contributed by atoms with Gasteiger partial charge in [0.2, 0.25) is 0 Å². The number of carbonyl (C=O) groups is 2. The lowest BCUT2D eigenvalue weighted by atomic mass is 9.91. The van der Waals surface area contributed by atoms with Gasteiger partial charge in [-0.15, -0.1) is 0 Å². The molecule has 0 unspecified atom stereocenters. The number of halogens is 6. The van der Waals surface area contributed by atoms with Gasteiger partial charge in [0.15, 0.2) is 0 Å². The molecule has 180 valence electrons. The first-order chi connectivity index (χ1) is 15.8. The number of hydrogen-bond acceptors (Lipinski definition) is 4. The van der Waals surface area contributed by atoms with Crippen molar-refractivity contribution in [3.63, 3.8) is 0 Å². The summed E-state index contributed by atoms with van der Waals surface area (Å²) >= 11 is 0. The summed E-state index contributed by atoms with van der Waals surface area (Å²) in [6.45, 7) is 0. The Bertz CT molecular complexity index is 1330. The molecule has 1 aliphatic carbocycles. The molecule has 0 amide bonds. The zero-order chi connectivity index (χ0) is 25.1. The lowest BCUT2D eigenvalue weighted by Crippen LogP contribution is -2.43. The third kappa shape index (κ3) is 3.41. The van der Waals surface area contributed by atoms with Crippen molar-refractivity contribution in [3.05, 3.63) is 47.5 Å². The molecule has 4 rings (SSSR count). The highest BCUT2D eigenvalue weighted by atomic mass is 19.3. The molecule has 1 aliphatic rings. The van der Waals surface area contributed by atoms with Crippen LogP contribution < -0.4 is 4.74 Å². The van der Waals surface area contributed by atoms with E-state index in [1.54, 1.807) is 0 Å². The van der Waals surface area contributed by atoms with E-state index < -0.39 is 57.4 Å². The molecule has 3 aromatic rings. The van der Waals surface area contributed by atoms with E-state index in [2.05, 4.69) is 0 Å². The van der Waals surface area contributed by atoms with Gasteiger partial charge >= 0.3 is 29.7 Å². The van der Waals surface area contributed by atoms with E-state index in [-0.39, 0.29) is 42.2 Å². The van der Waals surface area contributed by atoms with Gasteiger partial charge < -0.3 is 14.9 Å². The summed E-state index contributed by atoms with van der Waals surface area (Å²) in [6, 6.07) is 5.71. The van der Waals surface area contributed by atoms with Crippen LogP contribution in [0.1, 0.15) is 36.8 Å². The van der Waals surface area contributed by atoms with Crippen LogP contribution in [0.2, 0.25) is 0 Å². The van der Waals surface area contributed by atoms with Gasteiger partial charge in [0.25, 0.3) is 0 Å². The molecule has 11 heteroatoms. The zero-order valence-electron chi connectivity index (χ0n) is 17.2. The predicted octanol–water partition coefficient (Wildman–Crippen LogP) is 6.08. The van der Waals surface area contributed by atoms with E-state index >= 15 is 0 Å². The third-order valence-electron chi connectivity index (χ3n) is 5.74. The van der Waals surface area contributed by atoms with Gasteiger partial charge in [-0.05, 0) is 58.7 Å². The van der Waals surface area contributed by atoms with Crippen LogP contribution in [0.5, 0.6) is 11.5 Å². The average molecular weight is 486 g/mol. The maximum absolute atomic E-state index is 14.7. The van der Waals surface area contributed by atoms with Crippen molar-refractivity contribution < 1.29 is 50.9 Å². The molecule has 2 N–H and O–H groups in total. The number of carboxylic acids is 1. The Hall–Kier alpha value is -3.50. The number of rotatable bonds is 6. The quantitative estimate of drug-likeness (QED) is 0.145. The number of aliphatic carboxylic acids is 1. The van der Waals surface area contributed by atoms with Gasteiger partial charge in [0.05, 0.1) is 0 Å². The van der Waals surface area contributed by atoms with Crippen LogP contribution in [0, 0.1) is 0 Å². The molecule has 3 aromatic carbocycles. The van der Waals surface area contributed by atoms with Crippen molar-refractivity contribution in [2.45, 2.75) is 43.5 Å². The largest absolute Gasteiger partial charge is 0.508 e. The van der Waals surface area contributed by atoms with Crippen molar-refractivity contribution in [1.82, 2.24) is 0 Å². The van der Waals surface area contributed by atoms with Gasteiger partial charge in [-0.3, -0.25) is 9.59 Å². The van der Waals surface area contributed by atoms with Crippen LogP contribution in [0.3, 0.4) is 0 Å². The molecule has 0 heterocycles. The van der Waals surface area contributed by atoms with E-state index in [4.69, 9.17) is 9.84 Å². The molecule has 0 saturated carbocycles. The molecule has 0 atom stereocenters. The highest BCUT2D eigenvalue weighted by Gasteiger charge is 2.79. The number of esters is 1. The summed E-state index contributed by atoms with van der Waals surface area (Å²) in [5.41, 5.74) is -3.05. The first-order valence-electron chi connectivity index (χ1n) is 10.1. The van der Waals surface area contributed by atoms with E-state index in [1.807, 2.05) is 0 Å². The van der Waals surface area contributed by atoms with E-state index in [1.165, 1.54) is 0 Å². The maximum atomic E-state index is 14.7. The smallest absolute Gasteiger partial charge is 0.380 e. The number of alkyl halides is 6. The Morgan fingerprint density at radius 3 is 1.88 bits per heavy atom. The fraction of sp³-hybridized carbons (Fsp3) is 0.304. The first kappa shape index (κ1) is 23.7. The lowest BCUT2D eigenvalue weighted by Gasteiger charge is -2.23. The van der Waals surface area contributed by atoms with Crippen molar-refractivity contribution >= 4 is 33.5 Å². The minimum absolute atomic E-state index is 0.145. The molecule has 0 radical (unpaired) electrons. The molecule has 0 saturated heterocycles. The molecular weight excluding hydrogens is 470 g/mol. The number of unbranched alkanes of at least 4 members (excludes halogenated alkanes) is 1. The number of ether oxygens (including phenoxy) is 1. The van der Waals surface area contributed by atoms with Crippen molar-refractivity contribution in [1.29, 1.82) is 0 Å². The van der Waals surface area contributed by atoms with Crippen LogP contribution in [-0.2, 0) is 21.4 Å². The summed E-state index contributed by atoms with van der Waals surface area (Å²) in [5, 5.41) is 16.8. The number of benzene rings is 3. The molecule has 0 spiro atoms. The van der Waals surface area contributed by atoms with E-state index in [0.717, 1.165) is 36.4 Å². The molecule has 5 nitrogen and oxygen atoms in total. The van der Waals surface area contributed by atoms with Gasteiger partial charge in [0.1, 0.15) is 11.5 Å². The second-order valence-corrected chi connectivity index (χ2v) is 7.99. The topological polar surface area (TPSA) is 83.8 Å². The van der Waals surface area contributed by atoms with Crippen molar-refractivity contribution in [3.8, 4) is 11.5 Å². The highest BCUT2D eigenvalue weighted by molar-refractivity contribution is 6.12. The highest BCUT2D eigenvalue weighted by Crippen LogP contribution is 2.66. The van der Waals surface area contributed by atoms with E-state index in [9.17, 15) is 41.0 Å². The first-order valence-corrected chi connectivity index (χ1v) is 10.1. The molecule has 34 heavy (non-hydrogen) atoms. The molecule has 0 aromatic heterocycles. The van der Waals surface area contributed by atoms with E-state index in [0.29, 0.717) is 0 Å².